The van der Waals surface area contributed by atoms with E-state index in [1.54, 1.807) is 18.2 Å². The molecule has 1 amide bonds. The zero-order valence-corrected chi connectivity index (χ0v) is 13.4. The molecular formula is C14H19BrN2OS. The van der Waals surface area contributed by atoms with Gasteiger partial charge in [-0.1, -0.05) is 13.0 Å². The summed E-state index contributed by atoms with van der Waals surface area (Å²) in [6, 6.07) is 5.68. The maximum Gasteiger partial charge on any atom is 0.252 e. The summed E-state index contributed by atoms with van der Waals surface area (Å²) in [4.78, 5) is 12.2. The molecule has 2 unspecified atom stereocenters. The SMILES string of the molecule is CCSC1CCC(NC(=O)c2cccc(N)c2Br)C1. The molecule has 3 N–H and O–H groups in total. The van der Waals surface area contributed by atoms with Gasteiger partial charge >= 0.3 is 0 Å². The van der Waals surface area contributed by atoms with Crippen LogP contribution in [0.5, 0.6) is 0 Å². The van der Waals surface area contributed by atoms with Crippen molar-refractivity contribution in [3.8, 4) is 0 Å². The van der Waals surface area contributed by atoms with Gasteiger partial charge in [-0.05, 0) is 53.1 Å². The number of benzene rings is 1. The Morgan fingerprint density at radius 1 is 1.53 bits per heavy atom. The van der Waals surface area contributed by atoms with E-state index in [1.165, 1.54) is 6.42 Å². The lowest BCUT2D eigenvalue weighted by Gasteiger charge is -2.14. The third-order valence-corrected chi connectivity index (χ3v) is 5.51. The summed E-state index contributed by atoms with van der Waals surface area (Å²) in [6.07, 6.45) is 3.34. The minimum absolute atomic E-state index is 0.0358. The minimum atomic E-state index is -0.0358. The van der Waals surface area contributed by atoms with Crippen LogP contribution in [0.3, 0.4) is 0 Å². The monoisotopic (exact) mass is 342 g/mol. The molecule has 5 heteroatoms. The Balaban J connectivity index is 1.97. The van der Waals surface area contributed by atoms with Gasteiger partial charge in [-0.2, -0.15) is 11.8 Å². The normalized spacial score (nSPS) is 22.4. The molecule has 0 heterocycles. The van der Waals surface area contributed by atoms with Crippen LogP contribution in [0.1, 0.15) is 36.5 Å². The molecule has 2 rings (SSSR count). The predicted octanol–water partition coefficient (Wildman–Crippen LogP) is 3.44. The molecular weight excluding hydrogens is 324 g/mol. The maximum absolute atomic E-state index is 12.2. The van der Waals surface area contributed by atoms with Gasteiger partial charge in [-0.3, -0.25) is 4.79 Å². The van der Waals surface area contributed by atoms with Crippen LogP contribution in [0.4, 0.5) is 5.69 Å². The Morgan fingerprint density at radius 2 is 2.32 bits per heavy atom. The summed E-state index contributed by atoms with van der Waals surface area (Å²) < 4.78 is 0.685. The van der Waals surface area contributed by atoms with Gasteiger partial charge in [0, 0.05) is 17.0 Å². The molecule has 1 saturated carbocycles. The highest BCUT2D eigenvalue weighted by molar-refractivity contribution is 9.10. The second-order valence-corrected chi connectivity index (χ2v) is 7.14. The molecule has 1 aromatic carbocycles. The van der Waals surface area contributed by atoms with Gasteiger partial charge in [0.1, 0.15) is 0 Å². The number of carbonyl (C=O) groups excluding carboxylic acids is 1. The lowest BCUT2D eigenvalue weighted by molar-refractivity contribution is 0.0937. The van der Waals surface area contributed by atoms with Crippen LogP contribution in [-0.2, 0) is 0 Å². The molecule has 0 aromatic heterocycles. The van der Waals surface area contributed by atoms with Crippen LogP contribution in [-0.4, -0.2) is 23.0 Å². The van der Waals surface area contributed by atoms with Crippen LogP contribution >= 0.6 is 27.7 Å². The summed E-state index contributed by atoms with van der Waals surface area (Å²) in [5, 5.41) is 3.81. The summed E-state index contributed by atoms with van der Waals surface area (Å²) in [7, 11) is 0. The number of hydrogen-bond acceptors (Lipinski definition) is 3. The molecule has 1 aromatic rings. The standard InChI is InChI=1S/C14H19BrN2OS/c1-2-19-10-7-6-9(8-10)17-14(18)11-4-3-5-12(16)13(11)15/h3-5,9-10H,2,6-8,16H2,1H3,(H,17,18). The largest absolute Gasteiger partial charge is 0.398 e. The zero-order valence-electron chi connectivity index (χ0n) is 11.0. The van der Waals surface area contributed by atoms with Crippen LogP contribution in [0.15, 0.2) is 22.7 Å². The smallest absolute Gasteiger partial charge is 0.252 e. The molecule has 0 spiro atoms. The fourth-order valence-electron chi connectivity index (χ4n) is 2.45. The Kier molecular flexibility index (Phi) is 5.16. The second-order valence-electron chi connectivity index (χ2n) is 4.77. The average Bonchev–Trinajstić information content (AvgIpc) is 2.80. The number of hydrogen-bond donors (Lipinski definition) is 2. The number of carbonyl (C=O) groups is 1. The first-order chi connectivity index (χ1) is 9.11. The second kappa shape index (κ2) is 6.66. The highest BCUT2D eigenvalue weighted by atomic mass is 79.9. The van der Waals surface area contributed by atoms with E-state index in [4.69, 9.17) is 5.73 Å². The van der Waals surface area contributed by atoms with Crippen LogP contribution in [0, 0.1) is 0 Å². The fourth-order valence-corrected chi connectivity index (χ4v) is 4.03. The maximum atomic E-state index is 12.2. The van der Waals surface area contributed by atoms with Crippen molar-refractivity contribution in [1.29, 1.82) is 0 Å². The Hall–Kier alpha value is -0.680. The lowest BCUT2D eigenvalue weighted by Crippen LogP contribution is -2.33. The van der Waals surface area contributed by atoms with Crippen molar-refractivity contribution < 1.29 is 4.79 Å². The number of rotatable bonds is 4. The lowest BCUT2D eigenvalue weighted by atomic mass is 10.1. The fraction of sp³-hybridized carbons (Fsp3) is 0.500. The van der Waals surface area contributed by atoms with E-state index in [0.29, 0.717) is 27.0 Å². The molecule has 19 heavy (non-hydrogen) atoms. The van der Waals surface area contributed by atoms with Gasteiger partial charge in [0.05, 0.1) is 10.0 Å². The molecule has 3 nitrogen and oxygen atoms in total. The summed E-state index contributed by atoms with van der Waals surface area (Å²) in [5.41, 5.74) is 7.01. The first-order valence-corrected chi connectivity index (χ1v) is 8.42. The van der Waals surface area contributed by atoms with Crippen molar-refractivity contribution in [2.24, 2.45) is 0 Å². The molecule has 0 bridgehead atoms. The van der Waals surface area contributed by atoms with Gasteiger partial charge in [0.25, 0.3) is 5.91 Å². The highest BCUT2D eigenvalue weighted by Crippen LogP contribution is 2.30. The Morgan fingerprint density at radius 3 is 3.05 bits per heavy atom. The molecule has 2 atom stereocenters. The van der Waals surface area contributed by atoms with Crippen molar-refractivity contribution >= 4 is 39.3 Å². The molecule has 1 aliphatic rings. The van der Waals surface area contributed by atoms with E-state index < -0.39 is 0 Å². The Bertz CT molecular complexity index is 467. The van der Waals surface area contributed by atoms with Crippen molar-refractivity contribution in [3.05, 3.63) is 28.2 Å². The third-order valence-electron chi connectivity index (χ3n) is 3.40. The summed E-state index contributed by atoms with van der Waals surface area (Å²) in [6.45, 7) is 2.18. The van der Waals surface area contributed by atoms with Gasteiger partial charge in [-0.15, -0.1) is 0 Å². The zero-order chi connectivity index (χ0) is 13.8. The van der Waals surface area contributed by atoms with Crippen molar-refractivity contribution in [2.45, 2.75) is 37.5 Å². The van der Waals surface area contributed by atoms with Crippen LogP contribution < -0.4 is 11.1 Å². The van der Waals surface area contributed by atoms with Gasteiger partial charge < -0.3 is 11.1 Å². The average molecular weight is 343 g/mol. The van der Waals surface area contributed by atoms with E-state index in [9.17, 15) is 4.79 Å². The number of amides is 1. The molecule has 0 saturated heterocycles. The van der Waals surface area contributed by atoms with Crippen LogP contribution in [0.25, 0.3) is 0 Å². The topological polar surface area (TPSA) is 55.1 Å². The van der Waals surface area contributed by atoms with E-state index in [-0.39, 0.29) is 5.91 Å². The first kappa shape index (κ1) is 14.7. The van der Waals surface area contributed by atoms with Gasteiger partial charge in [0.2, 0.25) is 0 Å². The number of halogens is 1. The predicted molar refractivity (Wildman–Crippen MR) is 85.6 cm³/mol. The molecule has 0 radical (unpaired) electrons. The molecule has 1 fully saturated rings. The number of nitrogen functional groups attached to an aromatic ring is 1. The van der Waals surface area contributed by atoms with Crippen molar-refractivity contribution in [2.75, 3.05) is 11.5 Å². The number of thioether (sulfide) groups is 1. The van der Waals surface area contributed by atoms with Crippen LogP contribution in [0.2, 0.25) is 0 Å². The van der Waals surface area contributed by atoms with Crippen molar-refractivity contribution in [1.82, 2.24) is 5.32 Å². The van der Waals surface area contributed by atoms with E-state index in [0.717, 1.165) is 18.6 Å². The quantitative estimate of drug-likeness (QED) is 0.824. The van der Waals surface area contributed by atoms with E-state index in [2.05, 4.69) is 28.2 Å². The minimum Gasteiger partial charge on any atom is -0.398 e. The highest BCUT2D eigenvalue weighted by Gasteiger charge is 2.26. The molecule has 104 valence electrons. The summed E-state index contributed by atoms with van der Waals surface area (Å²) >= 11 is 5.37. The first-order valence-electron chi connectivity index (χ1n) is 6.58. The van der Waals surface area contributed by atoms with Crippen molar-refractivity contribution in [3.63, 3.8) is 0 Å². The van der Waals surface area contributed by atoms with Gasteiger partial charge in [0.15, 0.2) is 0 Å². The van der Waals surface area contributed by atoms with E-state index in [1.807, 2.05) is 11.8 Å². The Labute approximate surface area is 126 Å². The van der Waals surface area contributed by atoms with E-state index >= 15 is 0 Å². The number of nitrogens with two attached hydrogens (primary N) is 1. The number of nitrogens with one attached hydrogen (secondary N) is 1. The molecule has 0 aliphatic heterocycles. The van der Waals surface area contributed by atoms with Gasteiger partial charge in [-0.25, -0.2) is 0 Å². The summed E-state index contributed by atoms with van der Waals surface area (Å²) in [5.74, 6) is 1.11. The third kappa shape index (κ3) is 3.66. The molecule has 1 aliphatic carbocycles. The number of anilines is 1.